The number of benzene rings is 1. The fourth-order valence-corrected chi connectivity index (χ4v) is 3.84. The standard InChI is InChI=1S/C23H26N4O/c1-13-8-7-9-14(2)20(13)11-24-21-10-19(22-16(4)26-28-18(22)6)12-27-17(5)15(3)25-23(21)27/h7-10,12,24H,11H2,1-6H3. The molecule has 3 heterocycles. The maximum Gasteiger partial charge on any atom is 0.160 e. The number of fused-ring (bicyclic) bond motifs is 1. The van der Waals surface area contributed by atoms with Crippen LogP contribution in [0.2, 0.25) is 0 Å². The predicted molar refractivity (Wildman–Crippen MR) is 113 cm³/mol. The minimum Gasteiger partial charge on any atom is -0.378 e. The number of hydrogen-bond donors (Lipinski definition) is 1. The highest BCUT2D eigenvalue weighted by Gasteiger charge is 2.17. The molecule has 0 fully saturated rings. The van der Waals surface area contributed by atoms with Gasteiger partial charge in [-0.25, -0.2) is 4.98 Å². The SMILES string of the molecule is Cc1cccc(C)c1CNc1cc(-c2c(C)noc2C)cn2c(C)c(C)nc12. The van der Waals surface area contributed by atoms with Crippen LogP contribution in [0, 0.1) is 41.5 Å². The fourth-order valence-electron chi connectivity index (χ4n) is 3.84. The summed E-state index contributed by atoms with van der Waals surface area (Å²) in [4.78, 5) is 4.80. The zero-order valence-corrected chi connectivity index (χ0v) is 17.3. The Kier molecular flexibility index (Phi) is 4.46. The molecule has 5 nitrogen and oxygen atoms in total. The van der Waals surface area contributed by atoms with Gasteiger partial charge in [0.2, 0.25) is 0 Å². The van der Waals surface area contributed by atoms with E-state index in [1.54, 1.807) is 0 Å². The van der Waals surface area contributed by atoms with Crippen molar-refractivity contribution < 1.29 is 4.52 Å². The molecule has 144 valence electrons. The molecule has 0 spiro atoms. The van der Waals surface area contributed by atoms with Gasteiger partial charge in [-0.15, -0.1) is 0 Å². The summed E-state index contributed by atoms with van der Waals surface area (Å²) in [6.45, 7) is 13.1. The van der Waals surface area contributed by atoms with Gasteiger partial charge in [-0.1, -0.05) is 23.4 Å². The summed E-state index contributed by atoms with van der Waals surface area (Å²) in [5, 5.41) is 7.76. The van der Waals surface area contributed by atoms with Crippen molar-refractivity contribution in [3.8, 4) is 11.1 Å². The van der Waals surface area contributed by atoms with Crippen LogP contribution < -0.4 is 5.32 Å². The van der Waals surface area contributed by atoms with Crippen LogP contribution in [0.5, 0.6) is 0 Å². The van der Waals surface area contributed by atoms with Crippen LogP contribution in [-0.2, 0) is 6.54 Å². The maximum atomic E-state index is 5.40. The number of imidazole rings is 1. The molecule has 1 N–H and O–H groups in total. The van der Waals surface area contributed by atoms with Gasteiger partial charge in [0.15, 0.2) is 5.65 Å². The molecule has 0 aliphatic carbocycles. The second-order valence-electron chi connectivity index (χ2n) is 7.54. The molecule has 0 radical (unpaired) electrons. The van der Waals surface area contributed by atoms with Gasteiger partial charge >= 0.3 is 0 Å². The Labute approximate surface area is 165 Å². The molecule has 3 aromatic heterocycles. The highest BCUT2D eigenvalue weighted by molar-refractivity contribution is 5.78. The molecule has 0 bridgehead atoms. The summed E-state index contributed by atoms with van der Waals surface area (Å²) in [5.41, 5.74) is 11.0. The molecule has 0 saturated heterocycles. The maximum absolute atomic E-state index is 5.40. The van der Waals surface area contributed by atoms with Crippen molar-refractivity contribution in [2.75, 3.05) is 5.32 Å². The van der Waals surface area contributed by atoms with Crippen LogP contribution >= 0.6 is 0 Å². The molecular weight excluding hydrogens is 348 g/mol. The van der Waals surface area contributed by atoms with E-state index >= 15 is 0 Å². The first-order chi connectivity index (χ1) is 13.4. The third-order valence-electron chi connectivity index (χ3n) is 5.62. The van der Waals surface area contributed by atoms with Crippen molar-refractivity contribution in [3.05, 3.63) is 70.0 Å². The minimum absolute atomic E-state index is 0.754. The molecule has 0 saturated carbocycles. The molecule has 0 aliphatic heterocycles. The van der Waals surface area contributed by atoms with E-state index in [1.165, 1.54) is 16.7 Å². The summed E-state index contributed by atoms with van der Waals surface area (Å²) in [6, 6.07) is 8.57. The Bertz CT molecular complexity index is 1140. The zero-order valence-electron chi connectivity index (χ0n) is 17.3. The van der Waals surface area contributed by atoms with E-state index in [-0.39, 0.29) is 0 Å². The molecule has 1 aromatic carbocycles. The monoisotopic (exact) mass is 374 g/mol. The smallest absolute Gasteiger partial charge is 0.160 e. The third kappa shape index (κ3) is 2.97. The second kappa shape index (κ2) is 6.82. The minimum atomic E-state index is 0.754. The van der Waals surface area contributed by atoms with E-state index in [9.17, 15) is 0 Å². The van der Waals surface area contributed by atoms with Crippen LogP contribution in [0.1, 0.15) is 39.5 Å². The quantitative estimate of drug-likeness (QED) is 0.516. The van der Waals surface area contributed by atoms with Gasteiger partial charge < -0.3 is 14.2 Å². The first-order valence-electron chi connectivity index (χ1n) is 9.58. The van der Waals surface area contributed by atoms with Gasteiger partial charge in [0.05, 0.1) is 17.1 Å². The number of pyridine rings is 1. The van der Waals surface area contributed by atoms with Gasteiger partial charge in [-0.05, 0) is 64.3 Å². The molecule has 4 aromatic rings. The molecule has 0 atom stereocenters. The Morgan fingerprint density at radius 2 is 1.71 bits per heavy atom. The third-order valence-corrected chi connectivity index (χ3v) is 5.62. The summed E-state index contributed by atoms with van der Waals surface area (Å²) in [6.07, 6.45) is 2.13. The molecule has 0 aliphatic rings. The Hall–Kier alpha value is -3.08. The van der Waals surface area contributed by atoms with Crippen LogP contribution in [0.25, 0.3) is 16.8 Å². The van der Waals surface area contributed by atoms with E-state index in [1.807, 2.05) is 20.8 Å². The summed E-state index contributed by atoms with van der Waals surface area (Å²) in [5.74, 6) is 0.826. The van der Waals surface area contributed by atoms with E-state index < -0.39 is 0 Å². The van der Waals surface area contributed by atoms with E-state index in [4.69, 9.17) is 9.51 Å². The fraction of sp³-hybridized carbons (Fsp3) is 0.304. The van der Waals surface area contributed by atoms with Crippen molar-refractivity contribution in [1.82, 2.24) is 14.5 Å². The highest BCUT2D eigenvalue weighted by atomic mass is 16.5. The van der Waals surface area contributed by atoms with Gasteiger partial charge in [0, 0.05) is 29.6 Å². The van der Waals surface area contributed by atoms with Crippen LogP contribution in [0.4, 0.5) is 5.69 Å². The van der Waals surface area contributed by atoms with Crippen molar-refractivity contribution in [3.63, 3.8) is 0 Å². The van der Waals surface area contributed by atoms with Gasteiger partial charge in [-0.2, -0.15) is 0 Å². The van der Waals surface area contributed by atoms with Gasteiger partial charge in [0.25, 0.3) is 0 Å². The van der Waals surface area contributed by atoms with Crippen LogP contribution in [-0.4, -0.2) is 14.5 Å². The second-order valence-corrected chi connectivity index (χ2v) is 7.54. The number of nitrogens with one attached hydrogen (secondary N) is 1. The molecule has 5 heteroatoms. The molecule has 0 unspecified atom stereocenters. The number of anilines is 1. The van der Waals surface area contributed by atoms with Crippen LogP contribution in [0.3, 0.4) is 0 Å². The molecule has 0 amide bonds. The highest BCUT2D eigenvalue weighted by Crippen LogP contribution is 2.32. The van der Waals surface area contributed by atoms with Crippen molar-refractivity contribution in [2.45, 2.75) is 48.1 Å². The Balaban J connectivity index is 1.84. The van der Waals surface area contributed by atoms with E-state index in [0.29, 0.717) is 0 Å². The number of hydrogen-bond acceptors (Lipinski definition) is 4. The lowest BCUT2D eigenvalue weighted by molar-refractivity contribution is 0.393. The van der Waals surface area contributed by atoms with E-state index in [2.05, 4.69) is 66.1 Å². The van der Waals surface area contributed by atoms with Crippen molar-refractivity contribution >= 4 is 11.3 Å². The van der Waals surface area contributed by atoms with Crippen molar-refractivity contribution in [2.24, 2.45) is 0 Å². The van der Waals surface area contributed by atoms with Crippen LogP contribution in [0.15, 0.2) is 35.0 Å². The van der Waals surface area contributed by atoms with Crippen molar-refractivity contribution in [1.29, 1.82) is 0 Å². The summed E-state index contributed by atoms with van der Waals surface area (Å²) >= 11 is 0. The number of aryl methyl sites for hydroxylation is 6. The van der Waals surface area contributed by atoms with Gasteiger partial charge in [-0.3, -0.25) is 0 Å². The first-order valence-corrected chi connectivity index (χ1v) is 9.58. The Morgan fingerprint density at radius 3 is 2.36 bits per heavy atom. The summed E-state index contributed by atoms with van der Waals surface area (Å²) < 4.78 is 7.56. The first kappa shape index (κ1) is 18.3. The number of aromatic nitrogens is 3. The number of rotatable bonds is 4. The average molecular weight is 374 g/mol. The van der Waals surface area contributed by atoms with E-state index in [0.717, 1.165) is 51.8 Å². The molecule has 28 heavy (non-hydrogen) atoms. The zero-order chi connectivity index (χ0) is 20.0. The number of nitrogens with zero attached hydrogens (tertiary/aromatic N) is 3. The average Bonchev–Trinajstić information content (AvgIpc) is 3.13. The normalized spacial score (nSPS) is 11.4. The lowest BCUT2D eigenvalue weighted by Gasteiger charge is -2.14. The van der Waals surface area contributed by atoms with Gasteiger partial charge in [0.1, 0.15) is 5.76 Å². The lowest BCUT2D eigenvalue weighted by Crippen LogP contribution is -2.05. The molecule has 4 rings (SSSR count). The molecular formula is C23H26N4O. The summed E-state index contributed by atoms with van der Waals surface area (Å²) in [7, 11) is 0. The lowest BCUT2D eigenvalue weighted by atomic mass is 10.0. The predicted octanol–water partition coefficient (Wildman–Crippen LogP) is 5.45. The topological polar surface area (TPSA) is 55.4 Å². The largest absolute Gasteiger partial charge is 0.378 e. The Morgan fingerprint density at radius 1 is 1.00 bits per heavy atom.